The number of nitro benzene ring substituents is 1. The minimum atomic E-state index is -0.807. The largest absolute Gasteiger partial charge is 0.389 e. The van der Waals surface area contributed by atoms with Gasteiger partial charge in [0.2, 0.25) is 0 Å². The quantitative estimate of drug-likeness (QED) is 0.627. The van der Waals surface area contributed by atoms with Crippen LogP contribution in [0.15, 0.2) is 18.2 Å². The van der Waals surface area contributed by atoms with Crippen LogP contribution in [-0.4, -0.2) is 22.2 Å². The van der Waals surface area contributed by atoms with Gasteiger partial charge in [0.25, 0.3) is 5.69 Å². The van der Waals surface area contributed by atoms with Crippen LogP contribution >= 0.6 is 11.6 Å². The third kappa shape index (κ3) is 4.68. The van der Waals surface area contributed by atoms with Crippen molar-refractivity contribution in [1.29, 1.82) is 0 Å². The Morgan fingerprint density at radius 1 is 1.53 bits per heavy atom. The van der Waals surface area contributed by atoms with Gasteiger partial charge in [-0.3, -0.25) is 10.1 Å². The topological polar surface area (TPSA) is 75.4 Å². The first-order valence-corrected chi connectivity index (χ1v) is 5.53. The first-order valence-electron chi connectivity index (χ1n) is 5.15. The third-order valence-corrected chi connectivity index (χ3v) is 2.41. The molecule has 0 unspecified atom stereocenters. The van der Waals surface area contributed by atoms with Gasteiger partial charge < -0.3 is 10.4 Å². The van der Waals surface area contributed by atoms with Crippen molar-refractivity contribution >= 4 is 17.3 Å². The molecule has 0 aliphatic carbocycles. The highest BCUT2D eigenvalue weighted by Crippen LogP contribution is 2.24. The highest BCUT2D eigenvalue weighted by molar-refractivity contribution is 6.32. The number of benzene rings is 1. The molecule has 6 heteroatoms. The molecule has 17 heavy (non-hydrogen) atoms. The number of nitrogens with zero attached hydrogens (tertiary/aromatic N) is 1. The average molecular weight is 259 g/mol. The zero-order chi connectivity index (χ0) is 13.1. The van der Waals surface area contributed by atoms with E-state index in [2.05, 4.69) is 5.32 Å². The minimum absolute atomic E-state index is 0.103. The van der Waals surface area contributed by atoms with Crippen molar-refractivity contribution in [2.45, 2.75) is 26.0 Å². The zero-order valence-electron chi connectivity index (χ0n) is 9.74. The van der Waals surface area contributed by atoms with Crippen LogP contribution in [0.2, 0.25) is 5.02 Å². The molecule has 0 bridgehead atoms. The zero-order valence-corrected chi connectivity index (χ0v) is 10.5. The fourth-order valence-electron chi connectivity index (χ4n) is 1.32. The molecular weight excluding hydrogens is 244 g/mol. The smallest absolute Gasteiger partial charge is 0.288 e. The van der Waals surface area contributed by atoms with Crippen LogP contribution in [0, 0.1) is 10.1 Å². The van der Waals surface area contributed by atoms with Crippen molar-refractivity contribution in [3.05, 3.63) is 38.9 Å². The predicted octanol–water partition coefficient (Wildman–Crippen LogP) is 2.11. The highest BCUT2D eigenvalue weighted by Gasteiger charge is 2.14. The van der Waals surface area contributed by atoms with Gasteiger partial charge in [-0.1, -0.05) is 17.7 Å². The fourth-order valence-corrected chi connectivity index (χ4v) is 1.51. The second kappa shape index (κ2) is 5.44. The Kier molecular flexibility index (Phi) is 4.45. The predicted molar refractivity (Wildman–Crippen MR) is 66.1 cm³/mol. The van der Waals surface area contributed by atoms with Crippen LogP contribution < -0.4 is 5.32 Å². The van der Waals surface area contributed by atoms with Crippen molar-refractivity contribution in [1.82, 2.24) is 5.32 Å². The first kappa shape index (κ1) is 13.9. The number of halogens is 1. The summed E-state index contributed by atoms with van der Waals surface area (Å²) >= 11 is 5.70. The van der Waals surface area contributed by atoms with E-state index in [1.807, 2.05) is 0 Å². The fraction of sp³-hybridized carbons (Fsp3) is 0.455. The molecule has 2 N–H and O–H groups in total. The van der Waals surface area contributed by atoms with Gasteiger partial charge in [0.05, 0.1) is 10.5 Å². The molecule has 0 radical (unpaired) electrons. The molecule has 0 aliphatic rings. The van der Waals surface area contributed by atoms with Crippen LogP contribution in [0.4, 0.5) is 5.69 Å². The molecule has 0 atom stereocenters. The molecule has 0 saturated heterocycles. The summed E-state index contributed by atoms with van der Waals surface area (Å²) in [6, 6.07) is 4.65. The third-order valence-electron chi connectivity index (χ3n) is 2.09. The van der Waals surface area contributed by atoms with Crippen molar-refractivity contribution in [2.75, 3.05) is 6.54 Å². The maximum atomic E-state index is 10.7. The van der Waals surface area contributed by atoms with Gasteiger partial charge in [-0.05, 0) is 25.5 Å². The second-order valence-electron chi connectivity index (χ2n) is 4.46. The van der Waals surface area contributed by atoms with Crippen LogP contribution in [-0.2, 0) is 6.54 Å². The maximum absolute atomic E-state index is 10.7. The average Bonchev–Trinajstić information content (AvgIpc) is 2.18. The number of aliphatic hydroxyl groups is 1. The lowest BCUT2D eigenvalue weighted by atomic mass is 10.1. The molecule has 0 fully saturated rings. The molecule has 0 aromatic heterocycles. The van der Waals surface area contributed by atoms with Gasteiger partial charge in [-0.25, -0.2) is 0 Å². The Balaban J connectivity index is 2.67. The summed E-state index contributed by atoms with van der Waals surface area (Å²) in [5.41, 5.74) is -0.155. The van der Waals surface area contributed by atoms with E-state index in [1.54, 1.807) is 19.9 Å². The maximum Gasteiger partial charge on any atom is 0.288 e. The molecule has 1 aromatic carbocycles. The summed E-state index contributed by atoms with van der Waals surface area (Å²) in [4.78, 5) is 10.2. The summed E-state index contributed by atoms with van der Waals surface area (Å²) in [6.07, 6.45) is 0. The van der Waals surface area contributed by atoms with Crippen molar-refractivity contribution < 1.29 is 10.0 Å². The van der Waals surface area contributed by atoms with Crippen molar-refractivity contribution in [3.63, 3.8) is 0 Å². The van der Waals surface area contributed by atoms with E-state index in [0.29, 0.717) is 13.1 Å². The molecule has 0 spiro atoms. The molecule has 1 rings (SSSR count). The van der Waals surface area contributed by atoms with Crippen molar-refractivity contribution in [2.24, 2.45) is 0 Å². The summed E-state index contributed by atoms with van der Waals surface area (Å²) < 4.78 is 0. The molecule has 0 amide bonds. The summed E-state index contributed by atoms with van der Waals surface area (Å²) in [6.45, 7) is 4.22. The second-order valence-corrected chi connectivity index (χ2v) is 4.87. The van der Waals surface area contributed by atoms with E-state index in [1.165, 1.54) is 12.1 Å². The Morgan fingerprint density at radius 3 is 2.71 bits per heavy atom. The lowest BCUT2D eigenvalue weighted by molar-refractivity contribution is -0.384. The number of hydrogen-bond donors (Lipinski definition) is 2. The van der Waals surface area contributed by atoms with Gasteiger partial charge in [0.1, 0.15) is 5.02 Å². The van der Waals surface area contributed by atoms with E-state index >= 15 is 0 Å². The number of nitrogens with one attached hydrogen (secondary N) is 1. The standard InChI is InChI=1S/C11H15ClN2O3/c1-11(2,15)7-13-6-8-3-4-9(12)10(5-8)14(16)17/h3-5,13,15H,6-7H2,1-2H3. The van der Waals surface area contributed by atoms with Gasteiger partial charge in [0, 0.05) is 19.2 Å². The molecule has 0 saturated carbocycles. The van der Waals surface area contributed by atoms with Gasteiger partial charge in [0.15, 0.2) is 0 Å². The SMILES string of the molecule is CC(C)(O)CNCc1ccc(Cl)c([N+](=O)[O-])c1. The van der Waals surface area contributed by atoms with Gasteiger partial charge in [-0.2, -0.15) is 0 Å². The molecule has 1 aromatic rings. The normalized spacial score (nSPS) is 11.5. The highest BCUT2D eigenvalue weighted by atomic mass is 35.5. The number of rotatable bonds is 5. The van der Waals surface area contributed by atoms with Crippen LogP contribution in [0.25, 0.3) is 0 Å². The van der Waals surface area contributed by atoms with Crippen LogP contribution in [0.3, 0.4) is 0 Å². The van der Waals surface area contributed by atoms with E-state index in [0.717, 1.165) is 5.56 Å². The molecule has 0 heterocycles. The summed E-state index contributed by atoms with van der Waals surface area (Å²) in [5, 5.41) is 23.3. The van der Waals surface area contributed by atoms with Crippen LogP contribution in [0.5, 0.6) is 0 Å². The van der Waals surface area contributed by atoms with Gasteiger partial charge in [-0.15, -0.1) is 0 Å². The van der Waals surface area contributed by atoms with Crippen molar-refractivity contribution in [3.8, 4) is 0 Å². The number of hydrogen-bond acceptors (Lipinski definition) is 4. The summed E-state index contributed by atoms with van der Waals surface area (Å²) in [7, 11) is 0. The lowest BCUT2D eigenvalue weighted by Gasteiger charge is -2.17. The molecule has 5 nitrogen and oxygen atoms in total. The molecule has 94 valence electrons. The Labute approximate surface area is 105 Å². The molecule has 0 aliphatic heterocycles. The van der Waals surface area contributed by atoms with Gasteiger partial charge >= 0.3 is 0 Å². The minimum Gasteiger partial charge on any atom is -0.389 e. The van der Waals surface area contributed by atoms with Crippen LogP contribution in [0.1, 0.15) is 19.4 Å². The number of nitro groups is 1. The lowest BCUT2D eigenvalue weighted by Crippen LogP contribution is -2.34. The first-order chi connectivity index (χ1) is 7.79. The molecular formula is C11H15ClN2O3. The van der Waals surface area contributed by atoms with E-state index < -0.39 is 10.5 Å². The Hall–Kier alpha value is -1.17. The van der Waals surface area contributed by atoms with E-state index in [-0.39, 0.29) is 10.7 Å². The summed E-state index contributed by atoms with van der Waals surface area (Å²) in [5.74, 6) is 0. The Bertz CT molecular complexity index is 416. The van der Waals surface area contributed by atoms with E-state index in [9.17, 15) is 15.2 Å². The Morgan fingerprint density at radius 2 is 2.18 bits per heavy atom. The van der Waals surface area contributed by atoms with E-state index in [4.69, 9.17) is 11.6 Å². The monoisotopic (exact) mass is 258 g/mol.